The van der Waals surface area contributed by atoms with Gasteiger partial charge < -0.3 is 16.4 Å². The molecule has 0 saturated heterocycles. The van der Waals surface area contributed by atoms with Gasteiger partial charge in [0.15, 0.2) is 0 Å². The first kappa shape index (κ1) is 20.3. The minimum Gasteiger partial charge on any atom is -0.348 e. The molecule has 3 fully saturated rings. The number of hydrogen-bond donors (Lipinski definition) is 3. The zero-order chi connectivity index (χ0) is 21.6. The Kier molecular flexibility index (Phi) is 4.89. The maximum atomic E-state index is 12.8. The van der Waals surface area contributed by atoms with Crippen molar-refractivity contribution in [2.45, 2.75) is 58.0 Å². The highest BCUT2D eigenvalue weighted by molar-refractivity contribution is 6.04. The molecular formula is C26H31N3O2. The fourth-order valence-electron chi connectivity index (χ4n) is 6.35. The summed E-state index contributed by atoms with van der Waals surface area (Å²) in [6.45, 7) is 2.49. The van der Waals surface area contributed by atoms with Crippen LogP contribution in [0.2, 0.25) is 0 Å². The van der Waals surface area contributed by atoms with Crippen molar-refractivity contribution in [2.24, 2.45) is 22.5 Å². The molecule has 3 saturated carbocycles. The van der Waals surface area contributed by atoms with Crippen LogP contribution in [0.3, 0.4) is 0 Å². The van der Waals surface area contributed by atoms with Gasteiger partial charge in [0.05, 0.1) is 11.3 Å². The first-order chi connectivity index (χ1) is 14.9. The lowest BCUT2D eigenvalue weighted by atomic mass is 9.37. The van der Waals surface area contributed by atoms with Crippen molar-refractivity contribution in [3.8, 4) is 0 Å². The molecule has 0 unspecified atom stereocenters. The molecule has 0 heterocycles. The van der Waals surface area contributed by atoms with Crippen LogP contribution in [0.15, 0.2) is 48.5 Å². The second-order valence-electron chi connectivity index (χ2n) is 10.3. The normalized spacial score (nSPS) is 30.8. The number of amides is 2. The molecule has 4 N–H and O–H groups in total. The van der Waals surface area contributed by atoms with E-state index < -0.39 is 0 Å². The molecule has 3 aliphatic rings. The number of nitrogens with two attached hydrogens (primary N) is 1. The first-order valence-electron chi connectivity index (χ1n) is 11.3. The Hall–Kier alpha value is -2.66. The van der Waals surface area contributed by atoms with E-state index >= 15 is 0 Å². The largest absolute Gasteiger partial charge is 0.348 e. The summed E-state index contributed by atoms with van der Waals surface area (Å²) in [7, 11) is 0. The van der Waals surface area contributed by atoms with Gasteiger partial charge in [-0.05, 0) is 74.0 Å². The predicted molar refractivity (Wildman–Crippen MR) is 121 cm³/mol. The van der Waals surface area contributed by atoms with E-state index in [4.69, 9.17) is 5.73 Å². The van der Waals surface area contributed by atoms with Crippen LogP contribution in [-0.4, -0.2) is 17.9 Å². The van der Waals surface area contributed by atoms with Gasteiger partial charge in [-0.3, -0.25) is 9.59 Å². The van der Waals surface area contributed by atoms with E-state index in [2.05, 4.69) is 10.6 Å². The zero-order valence-corrected chi connectivity index (χ0v) is 18.1. The minimum atomic E-state index is -0.177. The van der Waals surface area contributed by atoms with Crippen LogP contribution in [0.25, 0.3) is 0 Å². The summed E-state index contributed by atoms with van der Waals surface area (Å²) in [5.74, 6) is -0.0887. The third-order valence-corrected chi connectivity index (χ3v) is 7.62. The lowest BCUT2D eigenvalue weighted by Gasteiger charge is -2.68. The van der Waals surface area contributed by atoms with E-state index in [0.717, 1.165) is 31.2 Å². The van der Waals surface area contributed by atoms with Gasteiger partial charge in [0, 0.05) is 18.5 Å². The van der Waals surface area contributed by atoms with E-state index in [9.17, 15) is 9.59 Å². The Morgan fingerprint density at radius 1 is 0.968 bits per heavy atom. The van der Waals surface area contributed by atoms with Crippen molar-refractivity contribution >= 4 is 17.5 Å². The number of nitrogens with one attached hydrogen (secondary N) is 2. The van der Waals surface area contributed by atoms with Crippen LogP contribution >= 0.6 is 0 Å². The Labute approximate surface area is 183 Å². The van der Waals surface area contributed by atoms with Gasteiger partial charge >= 0.3 is 0 Å². The summed E-state index contributed by atoms with van der Waals surface area (Å²) in [4.78, 5) is 25.6. The number of carbonyl (C=O) groups is 2. The smallest absolute Gasteiger partial charge is 0.253 e. The maximum Gasteiger partial charge on any atom is 0.253 e. The second-order valence-corrected chi connectivity index (χ2v) is 10.3. The molecule has 0 aliphatic heterocycles. The van der Waals surface area contributed by atoms with E-state index in [0.29, 0.717) is 34.7 Å². The van der Waals surface area contributed by atoms with Crippen molar-refractivity contribution in [3.05, 3.63) is 65.2 Å². The van der Waals surface area contributed by atoms with E-state index in [1.165, 1.54) is 18.4 Å². The minimum absolute atomic E-state index is 0.0377. The summed E-state index contributed by atoms with van der Waals surface area (Å²) >= 11 is 0. The topological polar surface area (TPSA) is 84.2 Å². The molecule has 3 aliphatic carbocycles. The molecule has 5 rings (SSSR count). The summed E-state index contributed by atoms with van der Waals surface area (Å²) in [6, 6.07) is 15.7. The highest BCUT2D eigenvalue weighted by Gasteiger charge is 2.64. The van der Waals surface area contributed by atoms with Crippen molar-refractivity contribution in [1.82, 2.24) is 5.32 Å². The van der Waals surface area contributed by atoms with Crippen LogP contribution in [0.1, 0.15) is 60.0 Å². The average molecular weight is 418 g/mol. The van der Waals surface area contributed by atoms with E-state index in [1.54, 1.807) is 12.1 Å². The predicted octanol–water partition coefficient (Wildman–Crippen LogP) is 4.16. The summed E-state index contributed by atoms with van der Waals surface area (Å²) in [5, 5.41) is 5.98. The molecule has 0 atom stereocenters. The van der Waals surface area contributed by atoms with Crippen LogP contribution < -0.4 is 16.4 Å². The van der Waals surface area contributed by atoms with Crippen molar-refractivity contribution in [3.63, 3.8) is 0 Å². The Morgan fingerprint density at radius 3 is 2.29 bits per heavy atom. The molecule has 2 aromatic carbocycles. The maximum absolute atomic E-state index is 12.8. The van der Waals surface area contributed by atoms with Gasteiger partial charge in [-0.25, -0.2) is 0 Å². The van der Waals surface area contributed by atoms with Gasteiger partial charge in [-0.2, -0.15) is 0 Å². The molecule has 5 nitrogen and oxygen atoms in total. The summed E-state index contributed by atoms with van der Waals surface area (Å²) in [6.07, 6.45) is 6.76. The highest BCUT2D eigenvalue weighted by atomic mass is 16.2. The number of rotatable bonds is 5. The molecule has 5 heteroatoms. The zero-order valence-electron chi connectivity index (χ0n) is 18.1. The van der Waals surface area contributed by atoms with Crippen LogP contribution in [-0.2, 0) is 11.3 Å². The molecule has 162 valence electrons. The Balaban J connectivity index is 1.16. The highest BCUT2D eigenvalue weighted by Crippen LogP contribution is 2.71. The molecule has 2 spiro atoms. The molecule has 2 aromatic rings. The van der Waals surface area contributed by atoms with Crippen LogP contribution in [0.5, 0.6) is 0 Å². The van der Waals surface area contributed by atoms with Gasteiger partial charge in [-0.1, -0.05) is 42.0 Å². The monoisotopic (exact) mass is 417 g/mol. The molecular weight excluding hydrogens is 386 g/mol. The van der Waals surface area contributed by atoms with Gasteiger partial charge in [0.25, 0.3) is 5.91 Å². The second kappa shape index (κ2) is 7.49. The van der Waals surface area contributed by atoms with Crippen LogP contribution in [0.4, 0.5) is 5.69 Å². The fourth-order valence-corrected chi connectivity index (χ4v) is 6.35. The van der Waals surface area contributed by atoms with Gasteiger partial charge in [0.1, 0.15) is 0 Å². The number of anilines is 1. The number of hydrogen-bond acceptors (Lipinski definition) is 3. The Morgan fingerprint density at radius 2 is 1.61 bits per heavy atom. The molecule has 2 amide bonds. The Bertz CT molecular complexity index is 992. The average Bonchev–Trinajstić information content (AvgIpc) is 2.67. The molecule has 0 radical (unpaired) electrons. The quantitative estimate of drug-likeness (QED) is 0.683. The number of para-hydroxylation sites is 1. The van der Waals surface area contributed by atoms with Crippen molar-refractivity contribution in [1.29, 1.82) is 0 Å². The standard InChI is InChI=1S/C26H31N3O2/c1-17-6-8-18(9-7-17)14-28-24(31)21-4-2-3-5-22(21)29-23(30)19-10-25(11-19)15-26(16-25)12-20(27)13-26/h2-9,19-20H,10-16,27H2,1H3,(H,28,31)(H,29,30). The third-order valence-electron chi connectivity index (χ3n) is 7.62. The van der Waals surface area contributed by atoms with E-state index in [-0.39, 0.29) is 17.7 Å². The van der Waals surface area contributed by atoms with Gasteiger partial charge in [-0.15, -0.1) is 0 Å². The molecule has 31 heavy (non-hydrogen) atoms. The SMILES string of the molecule is Cc1ccc(CNC(=O)c2ccccc2NC(=O)C2CC3(C2)CC2(CC(N)C2)C3)cc1. The fraction of sp³-hybridized carbons (Fsp3) is 0.462. The summed E-state index contributed by atoms with van der Waals surface area (Å²) in [5.41, 5.74) is 10.2. The number of aryl methyl sites for hydroxylation is 1. The van der Waals surface area contributed by atoms with Crippen LogP contribution in [0, 0.1) is 23.7 Å². The lowest BCUT2D eigenvalue weighted by Crippen LogP contribution is -2.62. The summed E-state index contributed by atoms with van der Waals surface area (Å²) < 4.78 is 0. The van der Waals surface area contributed by atoms with Crippen molar-refractivity contribution in [2.75, 3.05) is 5.32 Å². The number of carbonyl (C=O) groups excluding carboxylic acids is 2. The van der Waals surface area contributed by atoms with Crippen molar-refractivity contribution < 1.29 is 9.59 Å². The number of benzene rings is 2. The van der Waals surface area contributed by atoms with Gasteiger partial charge in [0.2, 0.25) is 5.91 Å². The first-order valence-corrected chi connectivity index (χ1v) is 11.3. The lowest BCUT2D eigenvalue weighted by molar-refractivity contribution is -0.173. The third kappa shape index (κ3) is 3.87. The molecule has 0 aromatic heterocycles. The molecule has 0 bridgehead atoms. The van der Waals surface area contributed by atoms with E-state index in [1.807, 2.05) is 43.3 Å².